The highest BCUT2D eigenvalue weighted by atomic mass is 16.3. The molecule has 0 bridgehead atoms. The number of hydrogen-bond acceptors (Lipinski definition) is 5. The summed E-state index contributed by atoms with van der Waals surface area (Å²) in [5, 5.41) is 11.2. The zero-order valence-corrected chi connectivity index (χ0v) is 25.1. The van der Waals surface area contributed by atoms with Gasteiger partial charge in [-0.15, -0.1) is 0 Å². The quantitative estimate of drug-likeness (QED) is 0.189. The summed E-state index contributed by atoms with van der Waals surface area (Å²) in [6.45, 7) is 0. The van der Waals surface area contributed by atoms with E-state index in [9.17, 15) is 0 Å². The largest absolute Gasteiger partial charge is 0.455 e. The van der Waals surface area contributed by atoms with Gasteiger partial charge in [-0.05, 0) is 62.0 Å². The minimum atomic E-state index is 0.605. The van der Waals surface area contributed by atoms with Crippen LogP contribution in [0.25, 0.3) is 99.2 Å². The highest BCUT2D eigenvalue weighted by Gasteiger charge is 2.18. The van der Waals surface area contributed by atoms with Gasteiger partial charge in [-0.2, -0.15) is 0 Å². The molecule has 0 N–H and O–H groups in total. The molecule has 5 nitrogen and oxygen atoms in total. The van der Waals surface area contributed by atoms with E-state index in [-0.39, 0.29) is 0 Å². The number of benzene rings is 7. The zero-order chi connectivity index (χ0) is 30.9. The van der Waals surface area contributed by atoms with Crippen LogP contribution in [-0.4, -0.2) is 19.9 Å². The molecule has 3 heterocycles. The maximum atomic E-state index is 6.37. The Morgan fingerprint density at radius 3 is 2.00 bits per heavy atom. The van der Waals surface area contributed by atoms with Crippen LogP contribution in [0.1, 0.15) is 0 Å². The van der Waals surface area contributed by atoms with Gasteiger partial charge in [-0.1, -0.05) is 109 Å². The maximum Gasteiger partial charge on any atom is 0.164 e. The zero-order valence-electron chi connectivity index (χ0n) is 25.1. The molecular weight excluding hydrogens is 576 g/mol. The first-order valence-electron chi connectivity index (χ1n) is 15.6. The number of hydrogen-bond donors (Lipinski definition) is 0. The summed E-state index contributed by atoms with van der Waals surface area (Å²) in [5.74, 6) is 1.86. The van der Waals surface area contributed by atoms with Crippen molar-refractivity contribution < 1.29 is 4.42 Å². The van der Waals surface area contributed by atoms with Crippen LogP contribution in [0, 0.1) is 0 Å². The molecule has 47 heavy (non-hydrogen) atoms. The van der Waals surface area contributed by atoms with Gasteiger partial charge in [0.25, 0.3) is 0 Å². The predicted octanol–water partition coefficient (Wildman–Crippen LogP) is 10.8. The highest BCUT2D eigenvalue weighted by Crippen LogP contribution is 2.39. The lowest BCUT2D eigenvalue weighted by Gasteiger charge is -2.14. The molecule has 0 saturated carbocycles. The summed E-state index contributed by atoms with van der Waals surface area (Å²) >= 11 is 0. The fraction of sp³-hybridized carbons (Fsp3) is 0. The van der Waals surface area contributed by atoms with E-state index >= 15 is 0 Å². The number of fused-ring (bicyclic) bond motifs is 10. The average molecular weight is 601 g/mol. The predicted molar refractivity (Wildman–Crippen MR) is 191 cm³/mol. The van der Waals surface area contributed by atoms with E-state index in [0.29, 0.717) is 17.5 Å². The lowest BCUT2D eigenvalue weighted by Crippen LogP contribution is -2.01. The number of aromatic nitrogens is 4. The Hall–Kier alpha value is -6.46. The second kappa shape index (κ2) is 10.0. The van der Waals surface area contributed by atoms with Gasteiger partial charge in [0, 0.05) is 45.2 Å². The van der Waals surface area contributed by atoms with E-state index in [2.05, 4.69) is 102 Å². The van der Waals surface area contributed by atoms with Gasteiger partial charge in [-0.25, -0.2) is 15.0 Å². The highest BCUT2D eigenvalue weighted by molar-refractivity contribution is 6.23. The first-order valence-corrected chi connectivity index (χ1v) is 15.6. The van der Waals surface area contributed by atoms with Gasteiger partial charge in [0.1, 0.15) is 11.2 Å². The smallest absolute Gasteiger partial charge is 0.164 e. The van der Waals surface area contributed by atoms with Crippen molar-refractivity contribution in [3.05, 3.63) is 146 Å². The molecule has 0 aliphatic rings. The minimum absolute atomic E-state index is 0.605. The second-order valence-corrected chi connectivity index (χ2v) is 11.9. The van der Waals surface area contributed by atoms with Crippen molar-refractivity contribution in [1.82, 2.24) is 19.9 Å². The molecule has 0 atom stereocenters. The molecule has 0 fully saturated rings. The first-order chi connectivity index (χ1) is 23.3. The van der Waals surface area contributed by atoms with Gasteiger partial charge in [-0.3, -0.25) is 4.98 Å². The van der Waals surface area contributed by atoms with Crippen molar-refractivity contribution in [2.45, 2.75) is 0 Å². The molecule has 0 saturated heterocycles. The van der Waals surface area contributed by atoms with Gasteiger partial charge >= 0.3 is 0 Å². The Morgan fingerprint density at radius 1 is 0.426 bits per heavy atom. The Labute approximate surface area is 268 Å². The Morgan fingerprint density at radius 2 is 1.11 bits per heavy atom. The van der Waals surface area contributed by atoms with Gasteiger partial charge in [0.05, 0.1) is 0 Å². The molecule has 7 aromatic carbocycles. The van der Waals surface area contributed by atoms with Crippen LogP contribution < -0.4 is 0 Å². The molecule has 0 aliphatic heterocycles. The topological polar surface area (TPSA) is 64.7 Å². The minimum Gasteiger partial charge on any atom is -0.455 e. The molecule has 218 valence electrons. The summed E-state index contributed by atoms with van der Waals surface area (Å²) in [6.07, 6.45) is 3.62. The van der Waals surface area contributed by atoms with E-state index in [1.165, 1.54) is 21.5 Å². The molecule has 0 unspecified atom stereocenters. The van der Waals surface area contributed by atoms with Crippen molar-refractivity contribution in [3.63, 3.8) is 0 Å². The number of furan rings is 1. The summed E-state index contributed by atoms with van der Waals surface area (Å²) < 4.78 is 6.37. The maximum absolute atomic E-state index is 6.37. The lowest BCUT2D eigenvalue weighted by atomic mass is 9.93. The summed E-state index contributed by atoms with van der Waals surface area (Å²) in [5.41, 5.74) is 4.44. The van der Waals surface area contributed by atoms with E-state index in [0.717, 1.165) is 60.2 Å². The second-order valence-electron chi connectivity index (χ2n) is 11.9. The van der Waals surface area contributed by atoms with Crippen LogP contribution in [0.15, 0.2) is 150 Å². The number of nitrogens with zero attached hydrogens (tertiary/aromatic N) is 4. The number of rotatable bonds is 3. The Kier molecular flexibility index (Phi) is 5.51. The van der Waals surface area contributed by atoms with Crippen molar-refractivity contribution >= 4 is 65.0 Å². The molecule has 0 radical (unpaired) electrons. The normalized spacial score (nSPS) is 11.8. The van der Waals surface area contributed by atoms with Crippen molar-refractivity contribution in [2.75, 3.05) is 0 Å². The van der Waals surface area contributed by atoms with Gasteiger partial charge in [0.15, 0.2) is 17.5 Å². The lowest BCUT2D eigenvalue weighted by molar-refractivity contribution is 0.672. The average Bonchev–Trinajstić information content (AvgIpc) is 3.53. The van der Waals surface area contributed by atoms with Gasteiger partial charge in [0.2, 0.25) is 0 Å². The van der Waals surface area contributed by atoms with E-state index in [1.54, 1.807) is 6.20 Å². The molecular formula is C42H24N4O. The Balaban J connectivity index is 1.25. The third kappa shape index (κ3) is 4.03. The third-order valence-electron chi connectivity index (χ3n) is 9.17. The summed E-state index contributed by atoms with van der Waals surface area (Å²) in [4.78, 5) is 19.7. The standard InChI is InChI=1S/C42H24N4O/c1-2-9-27(10-3-1)40-44-41(29-17-15-26-18-19-33-36-24-43-21-20-37(36)47-39(33)34(26)23-29)46-42(45-40)35-22-28-16-14-25-8-4-5-11-30(25)38(28)32-13-7-6-12-31(32)35/h1-24H. The van der Waals surface area contributed by atoms with Crippen molar-refractivity contribution in [3.8, 4) is 34.2 Å². The summed E-state index contributed by atoms with van der Waals surface area (Å²) in [7, 11) is 0. The molecule has 3 aromatic heterocycles. The van der Waals surface area contributed by atoms with Crippen LogP contribution in [-0.2, 0) is 0 Å². The molecule has 5 heteroatoms. The monoisotopic (exact) mass is 600 g/mol. The van der Waals surface area contributed by atoms with E-state index in [1.807, 2.05) is 42.6 Å². The SMILES string of the molecule is c1ccc(-c2nc(-c3ccc4ccc5c6cnccc6oc5c4c3)nc(-c3cc4ccc5ccccc5c4c4ccccc34)n2)cc1. The summed E-state index contributed by atoms with van der Waals surface area (Å²) in [6, 6.07) is 46.3. The van der Waals surface area contributed by atoms with Crippen molar-refractivity contribution in [1.29, 1.82) is 0 Å². The van der Waals surface area contributed by atoms with Crippen LogP contribution in [0.2, 0.25) is 0 Å². The first kappa shape index (κ1) is 25.8. The van der Waals surface area contributed by atoms with Crippen LogP contribution in [0.3, 0.4) is 0 Å². The van der Waals surface area contributed by atoms with Crippen LogP contribution >= 0.6 is 0 Å². The Bertz CT molecular complexity index is 2860. The van der Waals surface area contributed by atoms with E-state index in [4.69, 9.17) is 19.4 Å². The third-order valence-corrected chi connectivity index (χ3v) is 9.17. The molecule has 0 aliphatic carbocycles. The fourth-order valence-corrected chi connectivity index (χ4v) is 6.94. The number of pyridine rings is 1. The van der Waals surface area contributed by atoms with Crippen LogP contribution in [0.5, 0.6) is 0 Å². The van der Waals surface area contributed by atoms with E-state index < -0.39 is 0 Å². The molecule has 10 aromatic rings. The molecule has 0 amide bonds. The molecule has 10 rings (SSSR count). The van der Waals surface area contributed by atoms with Gasteiger partial charge < -0.3 is 4.42 Å². The van der Waals surface area contributed by atoms with Crippen molar-refractivity contribution in [2.24, 2.45) is 0 Å². The van der Waals surface area contributed by atoms with Crippen LogP contribution in [0.4, 0.5) is 0 Å². The fourth-order valence-electron chi connectivity index (χ4n) is 6.94. The molecule has 0 spiro atoms.